The number of aliphatic hydroxyl groups is 2. The molecule has 0 unspecified atom stereocenters. The maximum absolute atomic E-state index is 11.9. The van der Waals surface area contributed by atoms with Gasteiger partial charge in [0.15, 0.2) is 0 Å². The Balaban J connectivity index is 7.59. The predicted octanol–water partition coefficient (Wildman–Crippen LogP) is 7.38. The lowest BCUT2D eigenvalue weighted by Crippen LogP contribution is -2.53. The second-order valence-corrected chi connectivity index (χ2v) is 23.3. The predicted molar refractivity (Wildman–Crippen MR) is 165 cm³/mol. The van der Waals surface area contributed by atoms with Gasteiger partial charge in [-0.1, -0.05) is 107 Å². The zero-order chi connectivity index (χ0) is 28.5. The molecule has 0 spiro atoms. The van der Waals surface area contributed by atoms with Crippen molar-refractivity contribution in [2.45, 2.75) is 128 Å². The van der Waals surface area contributed by atoms with Gasteiger partial charge in [0, 0.05) is 0 Å². The Labute approximate surface area is 234 Å². The molecule has 36 heavy (non-hydrogen) atoms. The molecule has 0 aliphatic heterocycles. The standard InChI is InChI=1S/C30H48Cl2O2Si2/c1-23(2)35(24(3)4,25(5)6)21-17-29(33,15-13-19-31)30(34,16-14-20-32)18-22-36(26(7)8,27(9)10)28(11)12/h23-28,33-34H,19-20H2,1-12H3/t29-,30-/m1/s1. The molecule has 0 heterocycles. The quantitative estimate of drug-likeness (QED) is 0.192. The Morgan fingerprint density at radius 2 is 0.722 bits per heavy atom. The SMILES string of the molecule is CC(C)[Si](C#C[C@](O)(C#CCCl)[C@@](O)(C#CCCl)C#C[Si](C(C)C)(C(C)C)C(C)C)(C(C)C)C(C)C. The lowest BCUT2D eigenvalue weighted by molar-refractivity contribution is -0.00307. The molecule has 2 N–H and O–H groups in total. The molecule has 0 amide bonds. The molecule has 0 radical (unpaired) electrons. The third-order valence-electron chi connectivity index (χ3n) is 7.85. The third-order valence-corrected chi connectivity index (χ3v) is 20.7. The molecule has 6 heteroatoms. The Kier molecular flexibility index (Phi) is 14.0. The van der Waals surface area contributed by atoms with Gasteiger partial charge in [-0.15, -0.1) is 34.3 Å². The summed E-state index contributed by atoms with van der Waals surface area (Å²) in [6, 6.07) is 0. The molecule has 0 rings (SSSR count). The van der Waals surface area contributed by atoms with Crippen LogP contribution >= 0.6 is 23.2 Å². The molecule has 2 nitrogen and oxygen atoms in total. The fourth-order valence-electron chi connectivity index (χ4n) is 6.01. The Morgan fingerprint density at radius 3 is 0.889 bits per heavy atom. The summed E-state index contributed by atoms with van der Waals surface area (Å²) in [6.45, 7) is 26.3. The van der Waals surface area contributed by atoms with Crippen LogP contribution in [-0.4, -0.2) is 49.3 Å². The topological polar surface area (TPSA) is 40.5 Å². The van der Waals surface area contributed by atoms with Crippen LogP contribution in [0.2, 0.25) is 33.2 Å². The van der Waals surface area contributed by atoms with Crippen molar-refractivity contribution in [2.24, 2.45) is 0 Å². The van der Waals surface area contributed by atoms with E-state index in [9.17, 15) is 10.2 Å². The van der Waals surface area contributed by atoms with Gasteiger partial charge in [-0.25, -0.2) is 0 Å². The second-order valence-electron chi connectivity index (χ2n) is 11.6. The van der Waals surface area contributed by atoms with Crippen molar-refractivity contribution < 1.29 is 10.2 Å². The van der Waals surface area contributed by atoms with Crippen molar-refractivity contribution in [2.75, 3.05) is 11.8 Å². The van der Waals surface area contributed by atoms with Crippen LogP contribution in [0.4, 0.5) is 0 Å². The summed E-state index contributed by atoms with van der Waals surface area (Å²) in [5.41, 5.74) is 4.65. The first-order chi connectivity index (χ1) is 16.4. The van der Waals surface area contributed by atoms with Crippen LogP contribution in [-0.2, 0) is 0 Å². The monoisotopic (exact) mass is 566 g/mol. The minimum Gasteiger partial charge on any atom is -0.363 e. The summed E-state index contributed by atoms with van der Waals surface area (Å²) < 4.78 is 0. The number of hydrogen-bond donors (Lipinski definition) is 2. The van der Waals surface area contributed by atoms with E-state index >= 15 is 0 Å². The van der Waals surface area contributed by atoms with Gasteiger partial charge in [0.1, 0.15) is 16.1 Å². The van der Waals surface area contributed by atoms with E-state index < -0.39 is 27.3 Å². The summed E-state index contributed by atoms with van der Waals surface area (Å²) in [7, 11) is -4.49. The van der Waals surface area contributed by atoms with E-state index in [1.165, 1.54) is 0 Å². The smallest absolute Gasteiger partial charge is 0.240 e. The highest BCUT2D eigenvalue weighted by Gasteiger charge is 2.49. The first-order valence-electron chi connectivity index (χ1n) is 13.1. The highest BCUT2D eigenvalue weighted by atomic mass is 35.5. The zero-order valence-corrected chi connectivity index (χ0v) is 28.0. The Bertz CT molecular complexity index is 848. The molecular weight excluding hydrogens is 519 g/mol. The summed E-state index contributed by atoms with van der Waals surface area (Å²) in [5, 5.41) is 23.9. The molecule has 0 saturated heterocycles. The van der Waals surface area contributed by atoms with E-state index in [-0.39, 0.29) is 11.8 Å². The van der Waals surface area contributed by atoms with Crippen molar-refractivity contribution in [3.63, 3.8) is 0 Å². The molecule has 0 fully saturated rings. The van der Waals surface area contributed by atoms with Crippen LogP contribution in [0.3, 0.4) is 0 Å². The molecule has 202 valence electrons. The first-order valence-corrected chi connectivity index (χ1v) is 18.6. The zero-order valence-electron chi connectivity index (χ0n) is 24.5. The summed E-state index contributed by atoms with van der Waals surface area (Å²) in [5.74, 6) is 17.0. The highest BCUT2D eigenvalue weighted by molar-refractivity contribution is 6.91. The number of halogens is 2. The van der Waals surface area contributed by atoms with Gasteiger partial charge in [-0.3, -0.25) is 0 Å². The molecule has 0 aromatic rings. The molecule has 0 aliphatic carbocycles. The molecule has 0 saturated carbocycles. The van der Waals surface area contributed by atoms with Crippen LogP contribution < -0.4 is 0 Å². The summed E-state index contributed by atoms with van der Waals surface area (Å²) >= 11 is 11.8. The van der Waals surface area contributed by atoms with Crippen molar-refractivity contribution in [3.05, 3.63) is 0 Å². The molecule has 2 atom stereocenters. The maximum Gasteiger partial charge on any atom is 0.240 e. The van der Waals surface area contributed by atoms with Crippen molar-refractivity contribution in [1.82, 2.24) is 0 Å². The van der Waals surface area contributed by atoms with Gasteiger partial charge < -0.3 is 10.2 Å². The fraction of sp³-hybridized carbons (Fsp3) is 0.733. The van der Waals surface area contributed by atoms with Crippen LogP contribution in [0.5, 0.6) is 0 Å². The normalized spacial score (nSPS) is 15.4. The molecule has 0 aliphatic rings. The van der Waals surface area contributed by atoms with E-state index in [1.54, 1.807) is 0 Å². The average Bonchev–Trinajstić information content (AvgIpc) is 2.75. The van der Waals surface area contributed by atoms with Crippen LogP contribution in [0.1, 0.15) is 83.1 Å². The first kappa shape index (κ1) is 35.2. The summed E-state index contributed by atoms with van der Waals surface area (Å²) in [4.78, 5) is 0. The van der Waals surface area contributed by atoms with Gasteiger partial charge in [0.05, 0.1) is 11.8 Å². The molecule has 0 bridgehead atoms. The van der Waals surface area contributed by atoms with Gasteiger partial charge in [-0.05, 0) is 45.1 Å². The lowest BCUT2D eigenvalue weighted by atomic mass is 9.84. The minimum atomic E-state index is -2.25. The van der Waals surface area contributed by atoms with E-state index in [0.717, 1.165) is 0 Å². The molecule has 0 aromatic heterocycles. The van der Waals surface area contributed by atoms with Gasteiger partial charge in [0.25, 0.3) is 0 Å². The van der Waals surface area contributed by atoms with E-state index in [0.29, 0.717) is 33.2 Å². The van der Waals surface area contributed by atoms with Crippen molar-refractivity contribution >= 4 is 39.3 Å². The molecular formula is C30H48Cl2O2Si2. The van der Waals surface area contributed by atoms with Gasteiger partial charge in [0.2, 0.25) is 11.2 Å². The Morgan fingerprint density at radius 1 is 0.500 bits per heavy atom. The number of alkyl halides is 2. The summed E-state index contributed by atoms with van der Waals surface area (Å²) in [6.07, 6.45) is 0. The third kappa shape index (κ3) is 7.39. The maximum atomic E-state index is 11.9. The van der Waals surface area contributed by atoms with Crippen molar-refractivity contribution in [1.29, 1.82) is 0 Å². The van der Waals surface area contributed by atoms with Crippen LogP contribution in [0, 0.1) is 46.6 Å². The highest BCUT2D eigenvalue weighted by Crippen LogP contribution is 2.42. The Hall–Kier alpha value is -0.826. The van der Waals surface area contributed by atoms with Crippen molar-refractivity contribution in [3.8, 4) is 46.6 Å². The lowest BCUT2D eigenvalue weighted by Gasteiger charge is -2.39. The second kappa shape index (κ2) is 14.4. The van der Waals surface area contributed by atoms with E-state index in [1.807, 2.05) is 0 Å². The van der Waals surface area contributed by atoms with Crippen LogP contribution in [0.25, 0.3) is 0 Å². The molecule has 0 aromatic carbocycles. The van der Waals surface area contributed by atoms with Gasteiger partial charge >= 0.3 is 0 Å². The van der Waals surface area contributed by atoms with Gasteiger partial charge in [-0.2, -0.15) is 0 Å². The largest absolute Gasteiger partial charge is 0.363 e. The van der Waals surface area contributed by atoms with Crippen LogP contribution in [0.15, 0.2) is 0 Å². The number of rotatable bonds is 7. The average molecular weight is 568 g/mol. The van der Waals surface area contributed by atoms with E-state index in [4.69, 9.17) is 23.2 Å². The fourth-order valence-corrected chi connectivity index (χ4v) is 16.7. The number of hydrogen-bond acceptors (Lipinski definition) is 2. The van der Waals surface area contributed by atoms with E-state index in [2.05, 4.69) is 130 Å². The minimum absolute atomic E-state index is 0.0137.